The Kier molecular flexibility index (Phi) is 6.87. The van der Waals surface area contributed by atoms with Crippen molar-refractivity contribution in [2.24, 2.45) is 0 Å². The van der Waals surface area contributed by atoms with E-state index in [4.69, 9.17) is 14.2 Å². The molecule has 0 amide bonds. The number of aliphatic hydroxyl groups excluding tert-OH is 1. The van der Waals surface area contributed by atoms with E-state index in [1.165, 1.54) is 0 Å². The average Bonchev–Trinajstić information content (AvgIpc) is 2.15. The van der Waals surface area contributed by atoms with E-state index in [0.29, 0.717) is 39.0 Å². The summed E-state index contributed by atoms with van der Waals surface area (Å²) in [5, 5.41) is 12.7. The van der Waals surface area contributed by atoms with Gasteiger partial charge < -0.3 is 24.6 Å². The number of hydrogen-bond donors (Lipinski definition) is 2. The molecule has 1 aliphatic rings. The Morgan fingerprint density at radius 2 is 2.13 bits per heavy atom. The van der Waals surface area contributed by atoms with Crippen LogP contribution in [-0.2, 0) is 14.2 Å². The molecule has 1 heterocycles. The maximum atomic E-state index is 9.51. The highest BCUT2D eigenvalue weighted by Crippen LogP contribution is 1.99. The summed E-state index contributed by atoms with van der Waals surface area (Å²) in [7, 11) is 0. The minimum atomic E-state index is -0.452. The second-order valence-electron chi connectivity index (χ2n) is 3.57. The smallest absolute Gasteiger partial charge is 0.0897 e. The van der Waals surface area contributed by atoms with Crippen LogP contribution < -0.4 is 5.32 Å². The van der Waals surface area contributed by atoms with Crippen molar-refractivity contribution in [2.45, 2.75) is 19.1 Å². The Morgan fingerprint density at radius 3 is 2.73 bits per heavy atom. The summed E-state index contributed by atoms with van der Waals surface area (Å²) in [6, 6.07) is 0.406. The molecule has 5 heteroatoms. The Balaban J connectivity index is 1.82. The molecule has 1 saturated heterocycles. The molecule has 0 bridgehead atoms. The first-order chi connectivity index (χ1) is 7.33. The zero-order valence-corrected chi connectivity index (χ0v) is 9.28. The van der Waals surface area contributed by atoms with Crippen LogP contribution in [0.3, 0.4) is 0 Å². The van der Waals surface area contributed by atoms with Gasteiger partial charge in [-0.3, -0.25) is 0 Å². The summed E-state index contributed by atoms with van der Waals surface area (Å²) in [4.78, 5) is 0. The van der Waals surface area contributed by atoms with Gasteiger partial charge in [0.05, 0.1) is 45.2 Å². The lowest BCUT2D eigenvalue weighted by Gasteiger charge is -2.27. The maximum absolute atomic E-state index is 9.51. The van der Waals surface area contributed by atoms with E-state index in [1.54, 1.807) is 0 Å². The van der Waals surface area contributed by atoms with Gasteiger partial charge in [-0.05, 0) is 6.92 Å². The highest BCUT2D eigenvalue weighted by atomic mass is 16.5. The van der Waals surface area contributed by atoms with Crippen molar-refractivity contribution in [3.63, 3.8) is 0 Å². The van der Waals surface area contributed by atoms with Gasteiger partial charge in [0.1, 0.15) is 0 Å². The Morgan fingerprint density at radius 1 is 1.40 bits per heavy atom. The van der Waals surface area contributed by atoms with Crippen molar-refractivity contribution >= 4 is 0 Å². The molecule has 1 atom stereocenters. The van der Waals surface area contributed by atoms with Crippen LogP contribution in [0, 0.1) is 0 Å². The van der Waals surface area contributed by atoms with Gasteiger partial charge in [-0.25, -0.2) is 0 Å². The van der Waals surface area contributed by atoms with E-state index in [-0.39, 0.29) is 0 Å². The van der Waals surface area contributed by atoms with Crippen molar-refractivity contribution in [3.05, 3.63) is 0 Å². The molecule has 1 unspecified atom stereocenters. The predicted molar refractivity (Wildman–Crippen MR) is 55.9 cm³/mol. The van der Waals surface area contributed by atoms with E-state index in [1.807, 2.05) is 6.92 Å². The molecular weight excluding hydrogens is 198 g/mol. The molecule has 0 aromatic heterocycles. The summed E-state index contributed by atoms with van der Waals surface area (Å²) < 4.78 is 15.3. The molecule has 2 N–H and O–H groups in total. The fourth-order valence-electron chi connectivity index (χ4n) is 1.20. The van der Waals surface area contributed by atoms with E-state index in [0.717, 1.165) is 13.2 Å². The van der Waals surface area contributed by atoms with Gasteiger partial charge in [-0.2, -0.15) is 0 Å². The number of aliphatic hydroxyl groups is 1. The first-order valence-corrected chi connectivity index (χ1v) is 5.47. The van der Waals surface area contributed by atoms with Crippen LogP contribution in [0.15, 0.2) is 0 Å². The molecule has 0 radical (unpaired) electrons. The summed E-state index contributed by atoms with van der Waals surface area (Å²) in [5.74, 6) is 0. The summed E-state index contributed by atoms with van der Waals surface area (Å²) >= 11 is 0. The third-order valence-corrected chi connectivity index (χ3v) is 2.17. The van der Waals surface area contributed by atoms with Gasteiger partial charge >= 0.3 is 0 Å². The fourth-order valence-corrected chi connectivity index (χ4v) is 1.20. The molecule has 15 heavy (non-hydrogen) atoms. The first kappa shape index (κ1) is 12.9. The molecule has 90 valence electrons. The van der Waals surface area contributed by atoms with E-state index in [2.05, 4.69) is 5.32 Å². The van der Waals surface area contributed by atoms with Crippen LogP contribution in [-0.4, -0.2) is 63.4 Å². The van der Waals surface area contributed by atoms with Gasteiger partial charge in [0.2, 0.25) is 0 Å². The van der Waals surface area contributed by atoms with E-state index < -0.39 is 6.10 Å². The zero-order chi connectivity index (χ0) is 10.9. The highest BCUT2D eigenvalue weighted by Gasteiger charge is 2.18. The predicted octanol–water partition coefficient (Wildman–Crippen LogP) is -0.611. The Labute approximate surface area is 90.7 Å². The monoisotopic (exact) mass is 219 g/mol. The summed E-state index contributed by atoms with van der Waals surface area (Å²) in [5.41, 5.74) is 0. The third-order valence-electron chi connectivity index (χ3n) is 2.17. The van der Waals surface area contributed by atoms with Crippen molar-refractivity contribution in [3.8, 4) is 0 Å². The minimum absolute atomic E-state index is 0.355. The van der Waals surface area contributed by atoms with Crippen molar-refractivity contribution in [1.82, 2.24) is 5.32 Å². The second-order valence-corrected chi connectivity index (χ2v) is 3.57. The van der Waals surface area contributed by atoms with Gasteiger partial charge in [0.15, 0.2) is 0 Å². The molecular formula is C10H21NO4. The van der Waals surface area contributed by atoms with Crippen LogP contribution >= 0.6 is 0 Å². The number of ether oxygens (including phenoxy) is 3. The largest absolute Gasteiger partial charge is 0.389 e. The molecule has 5 nitrogen and oxygen atoms in total. The lowest BCUT2D eigenvalue weighted by atomic mass is 10.2. The Hall–Kier alpha value is -0.200. The van der Waals surface area contributed by atoms with Crippen LogP contribution in [0.1, 0.15) is 6.92 Å². The van der Waals surface area contributed by atoms with Crippen molar-refractivity contribution in [1.29, 1.82) is 0 Å². The summed E-state index contributed by atoms with van der Waals surface area (Å²) in [6.45, 7) is 6.19. The van der Waals surface area contributed by atoms with Crippen LogP contribution in [0.5, 0.6) is 0 Å². The lowest BCUT2D eigenvalue weighted by molar-refractivity contribution is -0.0215. The molecule has 0 spiro atoms. The third kappa shape index (κ3) is 6.06. The SMILES string of the molecule is CCOCCOCC(O)CNC1COC1. The second kappa shape index (κ2) is 8.01. The van der Waals surface area contributed by atoms with E-state index >= 15 is 0 Å². The van der Waals surface area contributed by atoms with Crippen molar-refractivity contribution in [2.75, 3.05) is 46.2 Å². The normalized spacial score (nSPS) is 18.8. The lowest BCUT2D eigenvalue weighted by Crippen LogP contribution is -2.49. The van der Waals surface area contributed by atoms with Gasteiger partial charge in [0.25, 0.3) is 0 Å². The van der Waals surface area contributed by atoms with E-state index in [9.17, 15) is 5.11 Å². The fraction of sp³-hybridized carbons (Fsp3) is 1.00. The van der Waals surface area contributed by atoms with Gasteiger partial charge in [-0.1, -0.05) is 0 Å². The molecule has 1 fully saturated rings. The highest BCUT2D eigenvalue weighted by molar-refractivity contribution is 4.74. The quantitative estimate of drug-likeness (QED) is 0.507. The Bertz CT molecular complexity index is 152. The number of nitrogens with one attached hydrogen (secondary N) is 1. The molecule has 0 aromatic rings. The maximum Gasteiger partial charge on any atom is 0.0897 e. The molecule has 0 saturated carbocycles. The minimum Gasteiger partial charge on any atom is -0.389 e. The summed E-state index contributed by atoms with van der Waals surface area (Å²) in [6.07, 6.45) is -0.452. The molecule has 1 aliphatic heterocycles. The number of hydrogen-bond acceptors (Lipinski definition) is 5. The zero-order valence-electron chi connectivity index (χ0n) is 9.28. The average molecular weight is 219 g/mol. The van der Waals surface area contributed by atoms with Gasteiger partial charge in [0, 0.05) is 13.2 Å². The van der Waals surface area contributed by atoms with Crippen LogP contribution in [0.2, 0.25) is 0 Å². The van der Waals surface area contributed by atoms with Crippen LogP contribution in [0.25, 0.3) is 0 Å². The topological polar surface area (TPSA) is 60.0 Å². The molecule has 1 rings (SSSR count). The molecule has 0 aliphatic carbocycles. The standard InChI is InChI=1S/C10H21NO4/c1-2-13-3-4-14-8-10(12)5-11-9-6-15-7-9/h9-12H,2-8H2,1H3. The van der Waals surface area contributed by atoms with Crippen LogP contribution in [0.4, 0.5) is 0 Å². The number of rotatable bonds is 9. The van der Waals surface area contributed by atoms with Gasteiger partial charge in [-0.15, -0.1) is 0 Å². The van der Waals surface area contributed by atoms with Crippen molar-refractivity contribution < 1.29 is 19.3 Å². The first-order valence-electron chi connectivity index (χ1n) is 5.47. The molecule has 0 aromatic carbocycles.